The van der Waals surface area contributed by atoms with Crippen molar-refractivity contribution in [3.8, 4) is 0 Å². The second-order valence-electron chi connectivity index (χ2n) is 3.76. The van der Waals surface area contributed by atoms with E-state index in [-0.39, 0.29) is 12.4 Å². The molecule has 1 aromatic heterocycles. The maximum absolute atomic E-state index is 11.7. The molecule has 0 radical (unpaired) electrons. The fourth-order valence-electron chi connectivity index (χ4n) is 1.53. The number of carbonyl (C=O) groups excluding carboxylic acids is 1. The van der Waals surface area contributed by atoms with Crippen LogP contribution in [-0.4, -0.2) is 21.9 Å². The van der Waals surface area contributed by atoms with Gasteiger partial charge in [-0.25, -0.2) is 4.98 Å². The van der Waals surface area contributed by atoms with Gasteiger partial charge < -0.3 is 9.30 Å². The van der Waals surface area contributed by atoms with Crippen LogP contribution in [0.25, 0.3) is 0 Å². The molecular formula is C13H14N2O2. The number of aromatic nitrogens is 2. The van der Waals surface area contributed by atoms with Gasteiger partial charge in [0.2, 0.25) is 5.78 Å². The fraction of sp³-hybridized carbons (Fsp3) is 0.231. The van der Waals surface area contributed by atoms with Gasteiger partial charge in [-0.1, -0.05) is 30.3 Å². The van der Waals surface area contributed by atoms with Crippen LogP contribution in [0.2, 0.25) is 0 Å². The molecule has 0 aliphatic heterocycles. The Bertz CT molecular complexity index is 491. The Morgan fingerprint density at radius 1 is 1.35 bits per heavy atom. The smallest absolute Gasteiger partial charge is 0.223 e. The van der Waals surface area contributed by atoms with Crippen molar-refractivity contribution in [3.05, 3.63) is 54.1 Å². The third-order valence-electron chi connectivity index (χ3n) is 2.42. The highest BCUT2D eigenvalue weighted by Gasteiger charge is 2.10. The van der Waals surface area contributed by atoms with E-state index in [0.29, 0.717) is 12.4 Å². The van der Waals surface area contributed by atoms with E-state index in [9.17, 15) is 4.79 Å². The van der Waals surface area contributed by atoms with Crippen LogP contribution in [0, 0.1) is 0 Å². The van der Waals surface area contributed by atoms with Gasteiger partial charge in [0.1, 0.15) is 6.61 Å². The van der Waals surface area contributed by atoms with E-state index in [2.05, 4.69) is 4.98 Å². The van der Waals surface area contributed by atoms with Crippen molar-refractivity contribution in [2.24, 2.45) is 7.05 Å². The fourth-order valence-corrected chi connectivity index (χ4v) is 1.53. The highest BCUT2D eigenvalue weighted by molar-refractivity contribution is 5.93. The molecule has 0 aliphatic rings. The summed E-state index contributed by atoms with van der Waals surface area (Å²) in [4.78, 5) is 15.7. The number of ether oxygens (including phenoxy) is 1. The lowest BCUT2D eigenvalue weighted by molar-refractivity contribution is 0.0713. The van der Waals surface area contributed by atoms with Crippen molar-refractivity contribution in [3.63, 3.8) is 0 Å². The largest absolute Gasteiger partial charge is 0.368 e. The van der Waals surface area contributed by atoms with E-state index in [0.717, 1.165) is 5.56 Å². The Balaban J connectivity index is 1.84. The Labute approximate surface area is 99.9 Å². The van der Waals surface area contributed by atoms with Gasteiger partial charge in [0, 0.05) is 19.4 Å². The molecular weight excluding hydrogens is 216 g/mol. The molecule has 4 heteroatoms. The summed E-state index contributed by atoms with van der Waals surface area (Å²) in [6.07, 6.45) is 3.34. The zero-order chi connectivity index (χ0) is 12.1. The maximum Gasteiger partial charge on any atom is 0.223 e. The zero-order valence-corrected chi connectivity index (χ0v) is 9.67. The van der Waals surface area contributed by atoms with Crippen LogP contribution in [0.4, 0.5) is 0 Å². The van der Waals surface area contributed by atoms with E-state index in [1.165, 1.54) is 0 Å². The van der Waals surface area contributed by atoms with Crippen molar-refractivity contribution in [2.45, 2.75) is 6.61 Å². The quantitative estimate of drug-likeness (QED) is 0.736. The van der Waals surface area contributed by atoms with Crippen LogP contribution in [-0.2, 0) is 18.4 Å². The van der Waals surface area contributed by atoms with E-state index in [4.69, 9.17) is 4.74 Å². The molecule has 17 heavy (non-hydrogen) atoms. The summed E-state index contributed by atoms with van der Waals surface area (Å²) in [5, 5.41) is 0. The van der Waals surface area contributed by atoms with Crippen molar-refractivity contribution >= 4 is 5.78 Å². The summed E-state index contributed by atoms with van der Waals surface area (Å²) < 4.78 is 7.05. The van der Waals surface area contributed by atoms with E-state index < -0.39 is 0 Å². The topological polar surface area (TPSA) is 44.1 Å². The van der Waals surface area contributed by atoms with Gasteiger partial charge in [0.15, 0.2) is 5.82 Å². The number of nitrogens with zero attached hydrogens (tertiary/aromatic N) is 2. The number of aryl methyl sites for hydroxylation is 1. The highest BCUT2D eigenvalue weighted by atomic mass is 16.5. The van der Waals surface area contributed by atoms with Crippen molar-refractivity contribution < 1.29 is 9.53 Å². The Morgan fingerprint density at radius 3 is 2.76 bits per heavy atom. The van der Waals surface area contributed by atoms with Crippen LogP contribution in [0.15, 0.2) is 42.7 Å². The molecule has 0 saturated carbocycles. The van der Waals surface area contributed by atoms with E-state index in [1.54, 1.807) is 24.0 Å². The second-order valence-corrected chi connectivity index (χ2v) is 3.76. The highest BCUT2D eigenvalue weighted by Crippen LogP contribution is 2.02. The SMILES string of the molecule is Cn1ccnc1C(=O)COCc1ccccc1. The van der Waals surface area contributed by atoms with Crippen LogP contribution < -0.4 is 0 Å². The molecule has 0 fully saturated rings. The summed E-state index contributed by atoms with van der Waals surface area (Å²) in [5.74, 6) is 0.325. The zero-order valence-electron chi connectivity index (χ0n) is 9.67. The molecule has 2 rings (SSSR count). The number of carbonyl (C=O) groups is 1. The van der Waals surface area contributed by atoms with E-state index in [1.807, 2.05) is 30.3 Å². The second kappa shape index (κ2) is 5.41. The number of hydrogen-bond donors (Lipinski definition) is 0. The van der Waals surface area contributed by atoms with Gasteiger partial charge in [0.25, 0.3) is 0 Å². The minimum Gasteiger partial charge on any atom is -0.368 e. The minimum absolute atomic E-state index is 0.0553. The lowest BCUT2D eigenvalue weighted by Crippen LogP contribution is -2.14. The van der Waals surface area contributed by atoms with Crippen LogP contribution in [0.1, 0.15) is 16.2 Å². The molecule has 0 spiro atoms. The third kappa shape index (κ3) is 3.01. The monoisotopic (exact) mass is 230 g/mol. The molecule has 1 aromatic carbocycles. The Hall–Kier alpha value is -1.94. The van der Waals surface area contributed by atoms with Gasteiger partial charge in [-0.2, -0.15) is 0 Å². The van der Waals surface area contributed by atoms with Gasteiger partial charge in [-0.05, 0) is 5.56 Å². The number of hydrogen-bond acceptors (Lipinski definition) is 3. The van der Waals surface area contributed by atoms with Gasteiger partial charge in [-0.3, -0.25) is 4.79 Å². The molecule has 0 unspecified atom stereocenters. The number of rotatable bonds is 5. The van der Waals surface area contributed by atoms with Crippen LogP contribution >= 0.6 is 0 Å². The first-order chi connectivity index (χ1) is 8.27. The van der Waals surface area contributed by atoms with E-state index >= 15 is 0 Å². The summed E-state index contributed by atoms with van der Waals surface area (Å²) in [6.45, 7) is 0.497. The molecule has 4 nitrogen and oxygen atoms in total. The average Bonchev–Trinajstić information content (AvgIpc) is 2.77. The summed E-state index contributed by atoms with van der Waals surface area (Å²) in [6, 6.07) is 9.76. The molecule has 0 amide bonds. The average molecular weight is 230 g/mol. The molecule has 88 valence electrons. The number of benzene rings is 1. The number of Topliss-reactive ketones (excluding diaryl/α,β-unsaturated/α-hetero) is 1. The normalized spacial score (nSPS) is 10.4. The van der Waals surface area contributed by atoms with Gasteiger partial charge in [0.05, 0.1) is 6.61 Å². The summed E-state index contributed by atoms with van der Waals surface area (Å²) >= 11 is 0. The first-order valence-corrected chi connectivity index (χ1v) is 5.39. The summed E-state index contributed by atoms with van der Waals surface area (Å²) in [7, 11) is 1.79. The van der Waals surface area contributed by atoms with Crippen molar-refractivity contribution in [2.75, 3.05) is 6.61 Å². The lowest BCUT2D eigenvalue weighted by Gasteiger charge is -2.03. The van der Waals surface area contributed by atoms with Crippen molar-refractivity contribution in [1.82, 2.24) is 9.55 Å². The van der Waals surface area contributed by atoms with Crippen LogP contribution in [0.5, 0.6) is 0 Å². The molecule has 0 aliphatic carbocycles. The molecule has 0 N–H and O–H groups in total. The van der Waals surface area contributed by atoms with Crippen LogP contribution in [0.3, 0.4) is 0 Å². The maximum atomic E-state index is 11.7. The Kier molecular flexibility index (Phi) is 3.67. The first kappa shape index (κ1) is 11.5. The molecule has 0 saturated heterocycles. The predicted octanol–water partition coefficient (Wildman–Crippen LogP) is 1.82. The van der Waals surface area contributed by atoms with Crippen molar-refractivity contribution in [1.29, 1.82) is 0 Å². The molecule has 0 bridgehead atoms. The Morgan fingerprint density at radius 2 is 2.12 bits per heavy atom. The predicted molar refractivity (Wildman–Crippen MR) is 63.6 cm³/mol. The minimum atomic E-state index is -0.103. The first-order valence-electron chi connectivity index (χ1n) is 5.39. The summed E-state index contributed by atoms with van der Waals surface area (Å²) in [5.41, 5.74) is 1.06. The number of imidazole rings is 1. The standard InChI is InChI=1S/C13H14N2O2/c1-15-8-7-14-13(15)12(16)10-17-9-11-5-3-2-4-6-11/h2-8H,9-10H2,1H3. The van der Waals surface area contributed by atoms with Gasteiger partial charge in [-0.15, -0.1) is 0 Å². The third-order valence-corrected chi connectivity index (χ3v) is 2.42. The van der Waals surface area contributed by atoms with Gasteiger partial charge >= 0.3 is 0 Å². The molecule has 0 atom stereocenters. The molecule has 2 aromatic rings. The number of ketones is 1. The lowest BCUT2D eigenvalue weighted by atomic mass is 10.2. The molecule has 1 heterocycles.